The van der Waals surface area contributed by atoms with Crippen molar-refractivity contribution in [1.82, 2.24) is 14.8 Å². The number of anilines is 2. The summed E-state index contributed by atoms with van der Waals surface area (Å²) in [5.74, 6) is 0.0898. The van der Waals surface area contributed by atoms with Gasteiger partial charge in [-0.05, 0) is 76.4 Å². The lowest BCUT2D eigenvalue weighted by molar-refractivity contribution is -0.112. The number of carbonyl (C=O) groups excluding carboxylic acids is 2. The van der Waals surface area contributed by atoms with Gasteiger partial charge in [0.25, 0.3) is 5.91 Å². The van der Waals surface area contributed by atoms with Gasteiger partial charge in [-0.25, -0.2) is 19.5 Å². The SMILES string of the molecule is C=Cc1ccc(-n2cc(NC(=O)C3=CCC(c4ccnc(N(CC)C(=O)OC(C)(C)C)c4)=N3)c(CCCO)n2)cc1. The zero-order chi connectivity index (χ0) is 29.6. The predicted molar refractivity (Wildman–Crippen MR) is 160 cm³/mol. The highest BCUT2D eigenvalue weighted by atomic mass is 16.6. The first-order chi connectivity index (χ1) is 19.6. The summed E-state index contributed by atoms with van der Waals surface area (Å²) in [6.07, 6.45) is 7.90. The van der Waals surface area contributed by atoms with Gasteiger partial charge in [-0.3, -0.25) is 9.69 Å². The highest BCUT2D eigenvalue weighted by Gasteiger charge is 2.24. The smallest absolute Gasteiger partial charge is 0.415 e. The quantitative estimate of drug-likeness (QED) is 0.349. The highest BCUT2D eigenvalue weighted by molar-refractivity contribution is 6.12. The number of aliphatic imine (C=N–C) groups is 1. The van der Waals surface area contributed by atoms with Crippen LogP contribution in [-0.2, 0) is 16.0 Å². The Morgan fingerprint density at radius 1 is 1.22 bits per heavy atom. The molecule has 0 saturated heterocycles. The first-order valence-corrected chi connectivity index (χ1v) is 13.6. The molecule has 0 radical (unpaired) electrons. The molecular weight excluding hydrogens is 520 g/mol. The van der Waals surface area contributed by atoms with Crippen LogP contribution in [0.2, 0.25) is 0 Å². The van der Waals surface area contributed by atoms with Crippen LogP contribution < -0.4 is 10.2 Å². The normalized spacial score (nSPS) is 12.9. The molecule has 1 aromatic carbocycles. The maximum absolute atomic E-state index is 13.2. The number of aryl methyl sites for hydroxylation is 1. The number of aliphatic hydroxyl groups excluding tert-OH is 1. The number of hydrogen-bond acceptors (Lipinski definition) is 7. The molecule has 0 spiro atoms. The van der Waals surface area contributed by atoms with Crippen LogP contribution in [0.25, 0.3) is 11.8 Å². The first kappa shape index (κ1) is 29.4. The van der Waals surface area contributed by atoms with Crippen molar-refractivity contribution in [3.63, 3.8) is 0 Å². The average Bonchev–Trinajstić information content (AvgIpc) is 3.59. The number of aliphatic hydroxyl groups is 1. The molecule has 0 fully saturated rings. The minimum Gasteiger partial charge on any atom is -0.443 e. The molecule has 0 saturated carbocycles. The summed E-state index contributed by atoms with van der Waals surface area (Å²) < 4.78 is 7.22. The molecule has 10 nitrogen and oxygen atoms in total. The Bertz CT molecular complexity index is 1480. The molecular formula is C31H36N6O4. The molecule has 41 heavy (non-hydrogen) atoms. The standard InChI is InChI=1S/C31H36N6O4/c1-6-21-10-12-23(13-11-21)37-20-27(25(35-37)9-8-18-38)34-29(39)26-15-14-24(33-26)22-16-17-32-28(19-22)36(7-2)30(40)41-31(3,4)5/h6,10-13,15-17,19-20,38H,1,7-9,14,18H2,2-5H3,(H,34,39). The van der Waals surface area contributed by atoms with Gasteiger partial charge in [0.2, 0.25) is 0 Å². The molecule has 214 valence electrons. The lowest BCUT2D eigenvalue weighted by Gasteiger charge is -2.26. The third-order valence-electron chi connectivity index (χ3n) is 6.27. The van der Waals surface area contributed by atoms with Crippen molar-refractivity contribution in [1.29, 1.82) is 0 Å². The number of rotatable bonds is 10. The van der Waals surface area contributed by atoms with Crippen LogP contribution in [0.5, 0.6) is 0 Å². The van der Waals surface area contributed by atoms with Gasteiger partial charge in [0.1, 0.15) is 17.1 Å². The van der Waals surface area contributed by atoms with Gasteiger partial charge in [0.05, 0.1) is 29.0 Å². The van der Waals surface area contributed by atoms with Crippen LogP contribution in [0.4, 0.5) is 16.3 Å². The van der Waals surface area contributed by atoms with Crippen LogP contribution in [0.3, 0.4) is 0 Å². The summed E-state index contributed by atoms with van der Waals surface area (Å²) >= 11 is 0. The fraction of sp³-hybridized carbons (Fsp3) is 0.323. The Kier molecular flexibility index (Phi) is 9.14. The van der Waals surface area contributed by atoms with Gasteiger partial charge < -0.3 is 15.2 Å². The lowest BCUT2D eigenvalue weighted by atomic mass is 10.1. The molecule has 2 N–H and O–H groups in total. The second-order valence-corrected chi connectivity index (χ2v) is 10.5. The second kappa shape index (κ2) is 12.7. The fourth-order valence-electron chi connectivity index (χ4n) is 4.23. The van der Waals surface area contributed by atoms with Crippen molar-refractivity contribution >= 4 is 35.3 Å². The van der Waals surface area contributed by atoms with E-state index in [4.69, 9.17) is 4.74 Å². The summed E-state index contributed by atoms with van der Waals surface area (Å²) in [6, 6.07) is 11.3. The van der Waals surface area contributed by atoms with Crippen molar-refractivity contribution in [2.24, 2.45) is 4.99 Å². The van der Waals surface area contributed by atoms with Crippen molar-refractivity contribution in [3.05, 3.63) is 84.0 Å². The largest absolute Gasteiger partial charge is 0.443 e. The van der Waals surface area contributed by atoms with Gasteiger partial charge in [-0.1, -0.05) is 24.8 Å². The maximum atomic E-state index is 13.2. The number of ether oxygens (including phenoxy) is 1. The molecule has 0 unspecified atom stereocenters. The number of nitrogens with zero attached hydrogens (tertiary/aromatic N) is 5. The van der Waals surface area contributed by atoms with E-state index in [1.54, 1.807) is 41.4 Å². The van der Waals surface area contributed by atoms with Crippen molar-refractivity contribution in [2.75, 3.05) is 23.4 Å². The number of carbonyl (C=O) groups is 2. The number of hydrogen-bond donors (Lipinski definition) is 2. The Balaban J connectivity index is 1.51. The van der Waals surface area contributed by atoms with E-state index in [1.165, 1.54) is 4.90 Å². The number of aromatic nitrogens is 3. The third kappa shape index (κ3) is 7.34. The number of nitrogens with one attached hydrogen (secondary N) is 1. The zero-order valence-electron chi connectivity index (χ0n) is 23.9. The summed E-state index contributed by atoms with van der Waals surface area (Å²) in [6.45, 7) is 11.5. The second-order valence-electron chi connectivity index (χ2n) is 10.5. The Hall–Kier alpha value is -4.57. The predicted octanol–water partition coefficient (Wildman–Crippen LogP) is 5.31. The van der Waals surface area contributed by atoms with Crippen LogP contribution in [0, 0.1) is 0 Å². The molecule has 1 aliphatic heterocycles. The number of pyridine rings is 1. The van der Waals surface area contributed by atoms with Gasteiger partial charge in [0, 0.05) is 31.3 Å². The summed E-state index contributed by atoms with van der Waals surface area (Å²) in [7, 11) is 0. The van der Waals surface area contributed by atoms with E-state index in [-0.39, 0.29) is 18.2 Å². The van der Waals surface area contributed by atoms with Crippen LogP contribution in [0.15, 0.2) is 72.1 Å². The van der Waals surface area contributed by atoms with Crippen LogP contribution >= 0.6 is 0 Å². The lowest BCUT2D eigenvalue weighted by Crippen LogP contribution is -2.37. The Labute approximate surface area is 240 Å². The molecule has 10 heteroatoms. The van der Waals surface area contributed by atoms with Crippen LogP contribution in [-0.4, -0.2) is 56.3 Å². The fourth-order valence-corrected chi connectivity index (χ4v) is 4.23. The number of allylic oxidation sites excluding steroid dienone is 1. The topological polar surface area (TPSA) is 122 Å². The van der Waals surface area contributed by atoms with Gasteiger partial charge >= 0.3 is 6.09 Å². The molecule has 1 aliphatic rings. The van der Waals surface area contributed by atoms with Crippen molar-refractivity contribution < 1.29 is 19.4 Å². The first-order valence-electron chi connectivity index (χ1n) is 13.6. The summed E-state index contributed by atoms with van der Waals surface area (Å²) in [5, 5.41) is 16.9. The van der Waals surface area contributed by atoms with E-state index >= 15 is 0 Å². The van der Waals surface area contributed by atoms with E-state index in [0.717, 1.165) is 16.8 Å². The highest BCUT2D eigenvalue weighted by Crippen LogP contribution is 2.24. The molecule has 0 bridgehead atoms. The van der Waals surface area contributed by atoms with Gasteiger partial charge in [-0.15, -0.1) is 0 Å². The molecule has 0 atom stereocenters. The van der Waals surface area contributed by atoms with Gasteiger partial charge in [-0.2, -0.15) is 5.10 Å². The molecule has 4 rings (SSSR count). The van der Waals surface area contributed by atoms with Gasteiger partial charge in [0.15, 0.2) is 0 Å². The third-order valence-corrected chi connectivity index (χ3v) is 6.27. The Morgan fingerprint density at radius 3 is 2.63 bits per heavy atom. The molecule has 3 aromatic rings. The van der Waals surface area contributed by atoms with E-state index in [1.807, 2.05) is 52.0 Å². The molecule has 2 aromatic heterocycles. The number of amides is 2. The molecule has 0 aliphatic carbocycles. The monoisotopic (exact) mass is 556 g/mol. The van der Waals surface area contributed by atoms with E-state index in [2.05, 4.69) is 27.0 Å². The summed E-state index contributed by atoms with van der Waals surface area (Å²) in [5.41, 5.74) is 4.16. The van der Waals surface area contributed by atoms with Crippen LogP contribution in [0.1, 0.15) is 57.4 Å². The van der Waals surface area contributed by atoms with Crippen molar-refractivity contribution in [2.45, 2.75) is 52.6 Å². The Morgan fingerprint density at radius 2 is 1.98 bits per heavy atom. The minimum atomic E-state index is -0.631. The van der Waals surface area contributed by atoms with Crippen molar-refractivity contribution in [3.8, 4) is 5.69 Å². The molecule has 2 amide bonds. The maximum Gasteiger partial charge on any atom is 0.415 e. The van der Waals surface area contributed by atoms with E-state index < -0.39 is 11.7 Å². The minimum absolute atomic E-state index is 0.0182. The van der Waals surface area contributed by atoms with E-state index in [0.29, 0.717) is 48.7 Å². The zero-order valence-corrected chi connectivity index (χ0v) is 23.9. The van der Waals surface area contributed by atoms with E-state index in [9.17, 15) is 14.7 Å². The average molecular weight is 557 g/mol. The summed E-state index contributed by atoms with van der Waals surface area (Å²) in [4.78, 5) is 36.3. The number of benzene rings is 1. The molecule has 3 heterocycles.